The predicted molar refractivity (Wildman–Crippen MR) is 220 cm³/mol. The van der Waals surface area contributed by atoms with Crippen LogP contribution in [-0.4, -0.2) is 63.9 Å². The summed E-state index contributed by atoms with van der Waals surface area (Å²) < 4.78 is 81.1. The molecule has 2 heterocycles. The zero-order valence-corrected chi connectivity index (χ0v) is 34.5. The van der Waals surface area contributed by atoms with Gasteiger partial charge >= 0.3 is 5.97 Å². The van der Waals surface area contributed by atoms with E-state index in [4.69, 9.17) is 18.9 Å². The molecule has 15 heteroatoms. The maximum Gasteiger partial charge on any atom is 0.326 e. The van der Waals surface area contributed by atoms with Gasteiger partial charge in [-0.1, -0.05) is 38.1 Å². The number of pyridine rings is 1. The van der Waals surface area contributed by atoms with Gasteiger partial charge in [-0.05, 0) is 103 Å². The highest BCUT2D eigenvalue weighted by atomic mass is 32.2. The Morgan fingerprint density at radius 1 is 0.949 bits per heavy atom. The first-order chi connectivity index (χ1) is 28.3. The minimum Gasteiger partial charge on any atom is -0.496 e. The second-order valence-corrected chi connectivity index (χ2v) is 14.9. The number of sulfonamides is 1. The number of fused-ring (bicyclic) bond motifs is 1. The normalized spacial score (nSPS) is 12.5. The van der Waals surface area contributed by atoms with Gasteiger partial charge in [-0.3, -0.25) is 9.52 Å². The molecule has 3 N–H and O–H groups in total. The van der Waals surface area contributed by atoms with Crippen LogP contribution in [0.5, 0.6) is 17.2 Å². The van der Waals surface area contributed by atoms with Crippen LogP contribution in [0.1, 0.15) is 59.8 Å². The standard InChI is InChI=1S/C42H41F2N3O9S.C2H6/c1-5-55-23-25-18-35(53-3)39(36(19-25)54-4)31-13-10-28(40-32(31)7-6-16-56-40)20-34(42(49)50)46-41(48)38-24(2)17-29(22-33(38)43)47-57(51,52)30-11-8-26(9-12-30)27-14-15-45-37(44)21-27;1-2/h8-15,17-19,21-22,34,47H,5-7,16,20,23H2,1-4H3,(H,46,48)(H,49,50);1-2H3/t34-;/m0./s1. The van der Waals surface area contributed by atoms with Gasteiger partial charge in [0.25, 0.3) is 15.9 Å². The number of aromatic nitrogens is 1. The van der Waals surface area contributed by atoms with E-state index in [2.05, 4.69) is 15.0 Å². The Morgan fingerprint density at radius 2 is 1.64 bits per heavy atom. The molecule has 0 unspecified atom stereocenters. The highest BCUT2D eigenvalue weighted by Crippen LogP contribution is 2.46. The second kappa shape index (κ2) is 19.6. The lowest BCUT2D eigenvalue weighted by atomic mass is 9.89. The van der Waals surface area contributed by atoms with E-state index in [9.17, 15) is 27.5 Å². The fourth-order valence-corrected chi connectivity index (χ4v) is 7.86. The molecule has 1 aliphatic rings. The lowest BCUT2D eigenvalue weighted by Gasteiger charge is -2.26. The number of ether oxygens (including phenoxy) is 4. The molecule has 0 fully saturated rings. The number of nitrogens with one attached hydrogen (secondary N) is 2. The third-order valence-electron chi connectivity index (χ3n) is 9.49. The van der Waals surface area contributed by atoms with Gasteiger partial charge in [0, 0.05) is 30.9 Å². The van der Waals surface area contributed by atoms with Crippen molar-refractivity contribution in [3.63, 3.8) is 0 Å². The Bertz CT molecular complexity index is 2380. The summed E-state index contributed by atoms with van der Waals surface area (Å²) >= 11 is 0. The van der Waals surface area contributed by atoms with Crippen LogP contribution in [0, 0.1) is 18.7 Å². The van der Waals surface area contributed by atoms with Crippen molar-refractivity contribution in [1.82, 2.24) is 10.3 Å². The summed E-state index contributed by atoms with van der Waals surface area (Å²) in [4.78, 5) is 29.4. The van der Waals surface area contributed by atoms with Crippen molar-refractivity contribution in [3.8, 4) is 39.5 Å². The molecule has 6 rings (SSSR count). The molecule has 0 aliphatic carbocycles. The Morgan fingerprint density at radius 3 is 2.25 bits per heavy atom. The van der Waals surface area contributed by atoms with Gasteiger partial charge in [-0.15, -0.1) is 0 Å². The Labute approximate surface area is 342 Å². The first kappa shape index (κ1) is 44.1. The number of hydrogen-bond acceptors (Lipinski definition) is 9. The topological polar surface area (TPSA) is 162 Å². The van der Waals surface area contributed by atoms with Crippen molar-refractivity contribution in [2.45, 2.75) is 64.5 Å². The van der Waals surface area contributed by atoms with Gasteiger partial charge in [0.1, 0.15) is 29.1 Å². The summed E-state index contributed by atoms with van der Waals surface area (Å²) in [7, 11) is -1.08. The van der Waals surface area contributed by atoms with Crippen molar-refractivity contribution in [3.05, 3.63) is 119 Å². The Balaban J connectivity index is 0.00000326. The third kappa shape index (κ3) is 10.2. The molecule has 1 aromatic heterocycles. The number of carbonyl (C=O) groups excluding carboxylic acids is 1. The van der Waals surface area contributed by atoms with Gasteiger partial charge < -0.3 is 29.4 Å². The summed E-state index contributed by atoms with van der Waals surface area (Å²) in [5.74, 6) is -2.49. The van der Waals surface area contributed by atoms with E-state index >= 15 is 4.39 Å². The number of halogens is 2. The van der Waals surface area contributed by atoms with Crippen LogP contribution in [0.25, 0.3) is 22.3 Å². The van der Waals surface area contributed by atoms with Gasteiger partial charge in [-0.25, -0.2) is 22.6 Å². The number of carbonyl (C=O) groups is 2. The quantitative estimate of drug-likeness (QED) is 0.0879. The monoisotopic (exact) mass is 831 g/mol. The number of carboxylic acid groups (broad SMARTS) is 1. The number of anilines is 1. The van der Waals surface area contributed by atoms with Gasteiger partial charge in [-0.2, -0.15) is 4.39 Å². The van der Waals surface area contributed by atoms with Crippen LogP contribution in [0.15, 0.2) is 83.9 Å². The SMILES string of the molecule is CC.CCOCc1cc(OC)c(-c2ccc(C[C@H](NC(=O)c3c(C)cc(NS(=O)(=O)c4ccc(-c5ccnc(F)c5)cc4)cc3F)C(=O)O)c3c2CCCO3)c(OC)c1. The first-order valence-corrected chi connectivity index (χ1v) is 20.5. The van der Waals surface area contributed by atoms with Crippen LogP contribution < -0.4 is 24.2 Å². The van der Waals surface area contributed by atoms with Crippen molar-refractivity contribution >= 4 is 27.6 Å². The summed E-state index contributed by atoms with van der Waals surface area (Å²) in [5.41, 5.74) is 4.21. The molecular formula is C44H47F2N3O9S. The molecular weight excluding hydrogens is 785 g/mol. The van der Waals surface area contributed by atoms with Crippen molar-refractivity contribution < 1.29 is 50.8 Å². The number of aliphatic carboxylic acids is 1. The number of benzene rings is 4. The first-order valence-electron chi connectivity index (χ1n) is 19.0. The molecule has 0 saturated carbocycles. The number of hydrogen-bond donors (Lipinski definition) is 3. The molecule has 0 bridgehead atoms. The number of aryl methyl sites for hydroxylation is 1. The Kier molecular flexibility index (Phi) is 14.6. The van der Waals surface area contributed by atoms with Crippen LogP contribution in [0.3, 0.4) is 0 Å². The minimum atomic E-state index is -4.21. The van der Waals surface area contributed by atoms with E-state index in [0.717, 1.165) is 22.8 Å². The molecule has 1 aliphatic heterocycles. The highest BCUT2D eigenvalue weighted by Gasteiger charge is 2.29. The van der Waals surface area contributed by atoms with Crippen molar-refractivity contribution in [1.29, 1.82) is 0 Å². The molecule has 1 atom stereocenters. The zero-order chi connectivity index (χ0) is 42.9. The molecule has 4 aromatic carbocycles. The summed E-state index contributed by atoms with van der Waals surface area (Å²) in [6.07, 6.45) is 2.44. The van der Waals surface area contributed by atoms with E-state index < -0.39 is 45.3 Å². The molecule has 312 valence electrons. The minimum absolute atomic E-state index is 0.0598. The van der Waals surface area contributed by atoms with Crippen LogP contribution in [0.4, 0.5) is 14.5 Å². The van der Waals surface area contributed by atoms with E-state index in [1.54, 1.807) is 26.4 Å². The number of carboxylic acids is 1. The molecule has 0 spiro atoms. The number of rotatable bonds is 15. The number of amides is 1. The van der Waals surface area contributed by atoms with Gasteiger partial charge in [0.2, 0.25) is 5.95 Å². The molecule has 12 nitrogen and oxygen atoms in total. The second-order valence-electron chi connectivity index (χ2n) is 13.3. The molecule has 59 heavy (non-hydrogen) atoms. The Hall–Kier alpha value is -6.06. The van der Waals surface area contributed by atoms with Crippen LogP contribution in [0.2, 0.25) is 0 Å². The van der Waals surface area contributed by atoms with E-state index in [1.165, 1.54) is 49.5 Å². The largest absolute Gasteiger partial charge is 0.496 e. The van der Waals surface area contributed by atoms with E-state index in [1.807, 2.05) is 39.0 Å². The molecule has 0 saturated heterocycles. The summed E-state index contributed by atoms with van der Waals surface area (Å²) in [6.45, 7) is 8.62. The average molecular weight is 832 g/mol. The lowest BCUT2D eigenvalue weighted by molar-refractivity contribution is -0.139. The van der Waals surface area contributed by atoms with E-state index in [0.29, 0.717) is 72.2 Å². The van der Waals surface area contributed by atoms with Gasteiger partial charge in [0.15, 0.2) is 0 Å². The van der Waals surface area contributed by atoms with Crippen LogP contribution in [-0.2, 0) is 39.0 Å². The van der Waals surface area contributed by atoms with Crippen molar-refractivity contribution in [2.24, 2.45) is 0 Å². The average Bonchev–Trinajstić information content (AvgIpc) is 3.22. The third-order valence-corrected chi connectivity index (χ3v) is 10.9. The molecule has 0 radical (unpaired) electrons. The lowest BCUT2D eigenvalue weighted by Crippen LogP contribution is -2.43. The smallest absolute Gasteiger partial charge is 0.326 e. The molecule has 5 aromatic rings. The maximum atomic E-state index is 15.6. The fourth-order valence-electron chi connectivity index (χ4n) is 6.82. The van der Waals surface area contributed by atoms with Crippen LogP contribution >= 0.6 is 0 Å². The number of nitrogens with zero attached hydrogens (tertiary/aromatic N) is 1. The summed E-state index contributed by atoms with van der Waals surface area (Å²) in [5, 5.41) is 12.7. The molecule has 1 amide bonds. The van der Waals surface area contributed by atoms with Crippen molar-refractivity contribution in [2.75, 3.05) is 32.2 Å². The fraction of sp³-hybridized carbons (Fsp3) is 0.295. The zero-order valence-electron chi connectivity index (χ0n) is 33.7. The predicted octanol–water partition coefficient (Wildman–Crippen LogP) is 8.13. The number of methoxy groups -OCH3 is 2. The summed E-state index contributed by atoms with van der Waals surface area (Å²) in [6, 6.07) is 16.4. The van der Waals surface area contributed by atoms with Gasteiger partial charge in [0.05, 0.1) is 49.1 Å². The highest BCUT2D eigenvalue weighted by molar-refractivity contribution is 7.92. The maximum absolute atomic E-state index is 15.6. The van der Waals surface area contributed by atoms with E-state index in [-0.39, 0.29) is 22.6 Å².